The van der Waals surface area contributed by atoms with Gasteiger partial charge >= 0.3 is 6.18 Å². The highest BCUT2D eigenvalue weighted by Gasteiger charge is 2.36. The zero-order valence-electron chi connectivity index (χ0n) is 16.1. The number of halogens is 3. The van der Waals surface area contributed by atoms with Gasteiger partial charge < -0.3 is 9.72 Å². The summed E-state index contributed by atoms with van der Waals surface area (Å²) in [5.74, 6) is 0.540. The molecule has 0 amide bonds. The lowest BCUT2D eigenvalue weighted by molar-refractivity contribution is -0.138. The van der Waals surface area contributed by atoms with Crippen molar-refractivity contribution in [2.75, 3.05) is 0 Å². The number of hydrogen-bond acceptors (Lipinski definition) is 2. The molecule has 0 saturated heterocycles. The van der Waals surface area contributed by atoms with Gasteiger partial charge in [-0.3, -0.25) is 4.79 Å². The van der Waals surface area contributed by atoms with Crippen molar-refractivity contribution in [3.8, 4) is 5.75 Å². The molecule has 29 heavy (non-hydrogen) atoms. The third-order valence-corrected chi connectivity index (χ3v) is 5.81. The molecule has 6 heteroatoms. The molecule has 1 aromatic heterocycles. The summed E-state index contributed by atoms with van der Waals surface area (Å²) in [6.07, 6.45) is -0.00437. The SMILES string of the molecule is Cc1c(C=O)[nH]c2ccc(OCc3ccc(C4CCCC4)c(C(F)(F)F)c3)cc12. The van der Waals surface area contributed by atoms with Crippen molar-refractivity contribution in [1.82, 2.24) is 4.98 Å². The number of carbonyl (C=O) groups is 1. The summed E-state index contributed by atoms with van der Waals surface area (Å²) in [5, 5.41) is 0.858. The minimum Gasteiger partial charge on any atom is -0.489 e. The van der Waals surface area contributed by atoms with E-state index < -0.39 is 11.7 Å². The van der Waals surface area contributed by atoms with E-state index in [0.29, 0.717) is 22.6 Å². The van der Waals surface area contributed by atoms with Crippen LogP contribution in [0.3, 0.4) is 0 Å². The lowest BCUT2D eigenvalue weighted by Crippen LogP contribution is -2.12. The number of aryl methyl sites for hydroxylation is 1. The Bertz CT molecular complexity index is 1050. The number of ether oxygens (including phenoxy) is 1. The van der Waals surface area contributed by atoms with Gasteiger partial charge in [0.25, 0.3) is 0 Å². The van der Waals surface area contributed by atoms with E-state index in [0.717, 1.165) is 48.4 Å². The van der Waals surface area contributed by atoms with E-state index in [2.05, 4.69) is 4.98 Å². The minimum absolute atomic E-state index is 0.00687. The maximum Gasteiger partial charge on any atom is 0.416 e. The van der Waals surface area contributed by atoms with Crippen LogP contribution in [0.4, 0.5) is 13.2 Å². The van der Waals surface area contributed by atoms with E-state index in [1.807, 2.05) is 6.92 Å². The topological polar surface area (TPSA) is 42.1 Å². The predicted octanol–water partition coefficient (Wildman–Crippen LogP) is 6.54. The van der Waals surface area contributed by atoms with Crippen LogP contribution < -0.4 is 4.74 Å². The molecule has 0 bridgehead atoms. The van der Waals surface area contributed by atoms with E-state index in [4.69, 9.17) is 4.74 Å². The first-order chi connectivity index (χ1) is 13.9. The fourth-order valence-corrected chi connectivity index (χ4v) is 4.23. The van der Waals surface area contributed by atoms with E-state index in [9.17, 15) is 18.0 Å². The summed E-state index contributed by atoms with van der Waals surface area (Å²) < 4.78 is 46.6. The zero-order valence-corrected chi connectivity index (χ0v) is 16.1. The Labute approximate surface area is 166 Å². The molecule has 1 saturated carbocycles. The molecule has 0 aliphatic heterocycles. The second kappa shape index (κ2) is 7.58. The lowest BCUT2D eigenvalue weighted by Gasteiger charge is -2.19. The molecule has 1 aliphatic carbocycles. The zero-order chi connectivity index (χ0) is 20.6. The number of hydrogen-bond donors (Lipinski definition) is 1. The van der Waals surface area contributed by atoms with Gasteiger partial charge in [-0.05, 0) is 66.6 Å². The average Bonchev–Trinajstić information content (AvgIpc) is 3.34. The number of aromatic nitrogens is 1. The third-order valence-electron chi connectivity index (χ3n) is 5.81. The van der Waals surface area contributed by atoms with E-state index >= 15 is 0 Å². The first kappa shape index (κ1) is 19.6. The molecule has 3 nitrogen and oxygen atoms in total. The van der Waals surface area contributed by atoms with Gasteiger partial charge in [0.2, 0.25) is 0 Å². The van der Waals surface area contributed by atoms with Crippen molar-refractivity contribution < 1.29 is 22.7 Å². The van der Waals surface area contributed by atoms with Gasteiger partial charge in [-0.2, -0.15) is 13.2 Å². The fourth-order valence-electron chi connectivity index (χ4n) is 4.23. The summed E-state index contributed by atoms with van der Waals surface area (Å²) in [4.78, 5) is 14.1. The first-order valence-corrected chi connectivity index (χ1v) is 9.77. The maximum atomic E-state index is 13.6. The summed E-state index contributed by atoms with van der Waals surface area (Å²) in [6, 6.07) is 9.91. The largest absolute Gasteiger partial charge is 0.489 e. The number of rotatable bonds is 5. The number of aromatic amines is 1. The van der Waals surface area contributed by atoms with Gasteiger partial charge in [-0.25, -0.2) is 0 Å². The van der Waals surface area contributed by atoms with E-state index in [1.54, 1.807) is 30.3 Å². The number of aldehydes is 1. The van der Waals surface area contributed by atoms with Crippen molar-refractivity contribution >= 4 is 17.2 Å². The van der Waals surface area contributed by atoms with Gasteiger partial charge in [-0.15, -0.1) is 0 Å². The van der Waals surface area contributed by atoms with Crippen LogP contribution in [0.1, 0.15) is 64.3 Å². The molecular formula is C23H22F3NO2. The monoisotopic (exact) mass is 401 g/mol. The van der Waals surface area contributed by atoms with Crippen LogP contribution in [0.25, 0.3) is 10.9 Å². The smallest absolute Gasteiger partial charge is 0.416 e. The van der Waals surface area contributed by atoms with Gasteiger partial charge in [0.1, 0.15) is 12.4 Å². The highest BCUT2D eigenvalue weighted by molar-refractivity contribution is 5.92. The highest BCUT2D eigenvalue weighted by Crippen LogP contribution is 2.42. The molecule has 2 aromatic carbocycles. The van der Waals surface area contributed by atoms with Gasteiger partial charge in [0.15, 0.2) is 6.29 Å². The standard InChI is InChI=1S/C23H22F3NO2/c1-14-19-11-17(7-9-21(19)27-22(14)12-28)29-13-15-6-8-18(16-4-2-3-5-16)20(10-15)23(24,25)26/h6-12,16,27H,2-5,13H2,1H3. The number of fused-ring (bicyclic) bond motifs is 1. The normalized spacial score (nSPS) is 15.2. The van der Waals surface area contributed by atoms with Crippen molar-refractivity contribution in [1.29, 1.82) is 0 Å². The number of nitrogens with one attached hydrogen (secondary N) is 1. The van der Waals surface area contributed by atoms with Crippen LogP contribution in [0, 0.1) is 6.92 Å². The van der Waals surface area contributed by atoms with Gasteiger partial charge in [0, 0.05) is 10.9 Å². The van der Waals surface area contributed by atoms with Crippen LogP contribution >= 0.6 is 0 Å². The molecule has 1 aliphatic rings. The predicted molar refractivity (Wildman–Crippen MR) is 105 cm³/mol. The van der Waals surface area contributed by atoms with Crippen molar-refractivity contribution in [2.45, 2.75) is 51.3 Å². The molecule has 1 fully saturated rings. The molecule has 152 valence electrons. The Morgan fingerprint density at radius 2 is 1.90 bits per heavy atom. The summed E-state index contributed by atoms with van der Waals surface area (Å²) in [6.45, 7) is 1.88. The third kappa shape index (κ3) is 3.88. The van der Waals surface area contributed by atoms with Crippen LogP contribution in [0.15, 0.2) is 36.4 Å². The molecule has 0 atom stereocenters. The average molecular weight is 401 g/mol. The van der Waals surface area contributed by atoms with Crippen molar-refractivity contribution in [3.63, 3.8) is 0 Å². The van der Waals surface area contributed by atoms with Crippen molar-refractivity contribution in [2.24, 2.45) is 0 Å². The Hall–Kier alpha value is -2.76. The van der Waals surface area contributed by atoms with E-state index in [1.165, 1.54) is 6.07 Å². The highest BCUT2D eigenvalue weighted by atomic mass is 19.4. The molecule has 3 aromatic rings. The van der Waals surface area contributed by atoms with Crippen molar-refractivity contribution in [3.05, 3.63) is 64.3 Å². The molecule has 4 rings (SSSR count). The van der Waals surface area contributed by atoms with Crippen LogP contribution in [0.2, 0.25) is 0 Å². The fraction of sp³-hybridized carbons (Fsp3) is 0.348. The molecule has 1 N–H and O–H groups in total. The lowest BCUT2D eigenvalue weighted by atomic mass is 9.91. The molecule has 0 spiro atoms. The molecule has 0 radical (unpaired) electrons. The Kier molecular flexibility index (Phi) is 5.11. The van der Waals surface area contributed by atoms with E-state index in [-0.39, 0.29) is 12.5 Å². The number of carbonyl (C=O) groups excluding carboxylic acids is 1. The maximum absolute atomic E-state index is 13.6. The van der Waals surface area contributed by atoms with Crippen LogP contribution in [0.5, 0.6) is 5.75 Å². The van der Waals surface area contributed by atoms with Crippen LogP contribution in [-0.4, -0.2) is 11.3 Å². The number of alkyl halides is 3. The molecule has 0 unspecified atom stereocenters. The summed E-state index contributed by atoms with van der Waals surface area (Å²) in [7, 11) is 0. The molecular weight excluding hydrogens is 379 g/mol. The first-order valence-electron chi connectivity index (χ1n) is 9.77. The Morgan fingerprint density at radius 1 is 1.14 bits per heavy atom. The Morgan fingerprint density at radius 3 is 2.59 bits per heavy atom. The Balaban J connectivity index is 1.57. The van der Waals surface area contributed by atoms with Gasteiger partial charge in [-0.1, -0.05) is 25.0 Å². The van der Waals surface area contributed by atoms with Crippen LogP contribution in [-0.2, 0) is 12.8 Å². The quantitative estimate of drug-likeness (QED) is 0.493. The molecule has 1 heterocycles. The summed E-state index contributed by atoms with van der Waals surface area (Å²) >= 11 is 0. The second-order valence-electron chi connectivity index (χ2n) is 7.68. The van der Waals surface area contributed by atoms with Gasteiger partial charge in [0.05, 0.1) is 11.3 Å². The summed E-state index contributed by atoms with van der Waals surface area (Å²) in [5.41, 5.74) is 2.49. The number of benzene rings is 2. The second-order valence-corrected chi connectivity index (χ2v) is 7.68. The minimum atomic E-state index is -4.37. The number of H-pyrrole nitrogens is 1.